The summed E-state index contributed by atoms with van der Waals surface area (Å²) in [6.07, 6.45) is 0.644. The second-order valence-corrected chi connectivity index (χ2v) is 8.35. The van der Waals surface area contributed by atoms with Crippen LogP contribution in [0.4, 0.5) is 11.4 Å². The van der Waals surface area contributed by atoms with Crippen LogP contribution in [0.3, 0.4) is 0 Å². The lowest BCUT2D eigenvalue weighted by Crippen LogP contribution is -2.53. The smallest absolute Gasteiger partial charge is 0.277 e. The minimum absolute atomic E-state index is 0.167. The molecule has 0 heterocycles. The van der Waals surface area contributed by atoms with Gasteiger partial charge < -0.3 is 16.0 Å². The zero-order valence-electron chi connectivity index (χ0n) is 16.5. The zero-order chi connectivity index (χ0) is 21.9. The minimum Gasteiger partial charge on any atom is -0.361 e. The number of thiocarbonyl (C=S) groups is 2. The molecule has 160 valence electrons. The normalized spacial score (nSPS) is 12.9. The Kier molecular flexibility index (Phi) is 10.9. The van der Waals surface area contributed by atoms with Gasteiger partial charge in [0.25, 0.3) is 10.2 Å². The molecule has 0 unspecified atom stereocenters. The number of amides is 1. The molecule has 1 aromatic rings. The van der Waals surface area contributed by atoms with Crippen LogP contribution in [0, 0.1) is 5.92 Å². The van der Waals surface area contributed by atoms with Crippen molar-refractivity contribution in [1.29, 1.82) is 0 Å². The maximum atomic E-state index is 12.4. The molecule has 0 aliphatic heterocycles. The predicted molar refractivity (Wildman–Crippen MR) is 123 cm³/mol. The standard InChI is InChI=1S/C17H26N6O3S3/c1-4-12(2)15(23-29(25,26)18-3)16(24)19-9-10-20-17(28)22-14-7-5-13(6-8-14)21-11-27/h5-8,12,15,18,23H,4,9-10H2,1-3H3,(H,19,24)(H2,20,22,28)/t12-,15-/m0/s1. The van der Waals surface area contributed by atoms with E-state index in [1.165, 1.54) is 7.05 Å². The van der Waals surface area contributed by atoms with E-state index in [0.717, 1.165) is 5.69 Å². The van der Waals surface area contributed by atoms with Crippen LogP contribution in [-0.2, 0) is 15.0 Å². The largest absolute Gasteiger partial charge is 0.361 e. The van der Waals surface area contributed by atoms with Gasteiger partial charge in [0.15, 0.2) is 5.11 Å². The van der Waals surface area contributed by atoms with Gasteiger partial charge in [0, 0.05) is 25.8 Å². The molecule has 0 aliphatic rings. The summed E-state index contributed by atoms with van der Waals surface area (Å²) in [5.74, 6) is -0.562. The number of nitrogens with zero attached hydrogens (tertiary/aromatic N) is 1. The van der Waals surface area contributed by atoms with Crippen LogP contribution >= 0.6 is 24.4 Å². The molecule has 0 fully saturated rings. The Bertz CT molecular complexity index is 838. The van der Waals surface area contributed by atoms with Crippen molar-refractivity contribution in [1.82, 2.24) is 20.1 Å². The molecule has 0 bridgehead atoms. The van der Waals surface area contributed by atoms with E-state index < -0.39 is 22.2 Å². The molecule has 0 saturated carbocycles. The topological polar surface area (TPSA) is 124 Å². The number of hydrogen-bond acceptors (Lipinski definition) is 6. The maximum absolute atomic E-state index is 12.4. The number of aliphatic imine (C=N–C) groups is 1. The summed E-state index contributed by atoms with van der Waals surface area (Å²) < 4.78 is 28.0. The molecule has 1 amide bonds. The second kappa shape index (κ2) is 12.6. The Morgan fingerprint density at radius 3 is 2.38 bits per heavy atom. The summed E-state index contributed by atoms with van der Waals surface area (Å²) in [6, 6.07) is 6.27. The molecular formula is C17H26N6O3S3. The Hall–Kier alpha value is -1.95. The second-order valence-electron chi connectivity index (χ2n) is 6.11. The summed E-state index contributed by atoms with van der Waals surface area (Å²) >= 11 is 9.76. The lowest BCUT2D eigenvalue weighted by atomic mass is 9.99. The van der Waals surface area contributed by atoms with E-state index in [1.54, 1.807) is 24.3 Å². The molecule has 1 aromatic carbocycles. The van der Waals surface area contributed by atoms with Crippen LogP contribution in [0.1, 0.15) is 20.3 Å². The molecular weight excluding hydrogens is 432 g/mol. The van der Waals surface area contributed by atoms with E-state index in [1.807, 2.05) is 13.8 Å². The van der Waals surface area contributed by atoms with Crippen molar-refractivity contribution >= 4 is 62.2 Å². The van der Waals surface area contributed by atoms with Crippen LogP contribution in [0.5, 0.6) is 0 Å². The van der Waals surface area contributed by atoms with E-state index >= 15 is 0 Å². The van der Waals surface area contributed by atoms with Gasteiger partial charge in [0.2, 0.25) is 5.91 Å². The number of carbonyl (C=O) groups excluding carboxylic acids is 1. The van der Waals surface area contributed by atoms with Gasteiger partial charge in [-0.3, -0.25) is 4.79 Å². The van der Waals surface area contributed by atoms with Crippen molar-refractivity contribution in [3.8, 4) is 0 Å². The Labute approximate surface area is 182 Å². The van der Waals surface area contributed by atoms with Crippen LogP contribution < -0.4 is 25.4 Å². The molecule has 0 radical (unpaired) electrons. The maximum Gasteiger partial charge on any atom is 0.277 e. The van der Waals surface area contributed by atoms with Gasteiger partial charge in [-0.15, -0.1) is 0 Å². The van der Waals surface area contributed by atoms with Crippen molar-refractivity contribution in [3.05, 3.63) is 24.3 Å². The van der Waals surface area contributed by atoms with Crippen LogP contribution in [0.2, 0.25) is 0 Å². The van der Waals surface area contributed by atoms with Gasteiger partial charge in [-0.1, -0.05) is 20.3 Å². The molecule has 0 spiro atoms. The number of rotatable bonds is 11. The Morgan fingerprint density at radius 1 is 1.21 bits per heavy atom. The molecule has 29 heavy (non-hydrogen) atoms. The van der Waals surface area contributed by atoms with E-state index in [0.29, 0.717) is 23.8 Å². The monoisotopic (exact) mass is 458 g/mol. The van der Waals surface area contributed by atoms with Crippen molar-refractivity contribution in [2.45, 2.75) is 26.3 Å². The van der Waals surface area contributed by atoms with Gasteiger partial charge in [-0.25, -0.2) is 4.72 Å². The first-order chi connectivity index (χ1) is 13.7. The highest BCUT2D eigenvalue weighted by Crippen LogP contribution is 2.15. The number of hydrogen-bond donors (Lipinski definition) is 5. The molecule has 12 heteroatoms. The summed E-state index contributed by atoms with van der Waals surface area (Å²) in [5.41, 5.74) is 1.46. The number of carbonyl (C=O) groups is 1. The summed E-state index contributed by atoms with van der Waals surface area (Å²) in [4.78, 5) is 16.3. The minimum atomic E-state index is -3.73. The molecule has 9 nitrogen and oxygen atoms in total. The quantitative estimate of drug-likeness (QED) is 0.192. The number of anilines is 1. The van der Waals surface area contributed by atoms with Crippen LogP contribution in [-0.4, -0.2) is 50.8 Å². The van der Waals surface area contributed by atoms with Crippen molar-refractivity contribution in [3.63, 3.8) is 0 Å². The average molecular weight is 459 g/mol. The molecule has 0 aromatic heterocycles. The van der Waals surface area contributed by atoms with E-state index in [2.05, 4.69) is 47.8 Å². The number of benzene rings is 1. The van der Waals surface area contributed by atoms with Gasteiger partial charge >= 0.3 is 0 Å². The highest BCUT2D eigenvalue weighted by atomic mass is 32.2. The fraction of sp³-hybridized carbons (Fsp3) is 0.471. The van der Waals surface area contributed by atoms with E-state index in [9.17, 15) is 13.2 Å². The first kappa shape index (κ1) is 25.1. The van der Waals surface area contributed by atoms with E-state index in [-0.39, 0.29) is 12.5 Å². The summed E-state index contributed by atoms with van der Waals surface area (Å²) in [5, 5.41) is 11.4. The fourth-order valence-corrected chi connectivity index (χ4v) is 3.33. The van der Waals surface area contributed by atoms with Gasteiger partial charge in [0.1, 0.15) is 6.04 Å². The Morgan fingerprint density at radius 2 is 1.83 bits per heavy atom. The number of nitrogens with one attached hydrogen (secondary N) is 5. The van der Waals surface area contributed by atoms with Crippen LogP contribution in [0.15, 0.2) is 29.3 Å². The van der Waals surface area contributed by atoms with Crippen molar-refractivity contribution < 1.29 is 13.2 Å². The van der Waals surface area contributed by atoms with Gasteiger partial charge in [-0.05, 0) is 54.6 Å². The van der Waals surface area contributed by atoms with Gasteiger partial charge in [0.05, 0.1) is 10.8 Å². The molecule has 2 atom stereocenters. The summed E-state index contributed by atoms with van der Waals surface area (Å²) in [7, 11) is -2.45. The van der Waals surface area contributed by atoms with Crippen molar-refractivity contribution in [2.24, 2.45) is 10.9 Å². The third kappa shape index (κ3) is 9.39. The summed E-state index contributed by atoms with van der Waals surface area (Å²) in [6.45, 7) is 4.34. The molecule has 0 aliphatic carbocycles. The molecule has 0 saturated heterocycles. The molecule has 1 rings (SSSR count). The highest BCUT2D eigenvalue weighted by Gasteiger charge is 2.27. The third-order valence-corrected chi connectivity index (χ3v) is 5.50. The number of isothiocyanates is 1. The first-order valence-corrected chi connectivity index (χ1v) is 11.2. The van der Waals surface area contributed by atoms with Crippen LogP contribution in [0.25, 0.3) is 0 Å². The zero-order valence-corrected chi connectivity index (χ0v) is 18.9. The predicted octanol–water partition coefficient (Wildman–Crippen LogP) is 1.29. The first-order valence-electron chi connectivity index (χ1n) is 8.93. The Balaban J connectivity index is 2.47. The third-order valence-electron chi connectivity index (χ3n) is 4.06. The lowest BCUT2D eigenvalue weighted by molar-refractivity contribution is -0.123. The SMILES string of the molecule is CC[C@H](C)[C@H](NS(=O)(=O)NC)C(=O)NCCNC(=S)Nc1ccc(N=C=S)cc1. The van der Waals surface area contributed by atoms with Gasteiger partial charge in [-0.2, -0.15) is 18.1 Å². The van der Waals surface area contributed by atoms with Crippen molar-refractivity contribution in [2.75, 3.05) is 25.5 Å². The highest BCUT2D eigenvalue weighted by molar-refractivity contribution is 7.87. The average Bonchev–Trinajstić information content (AvgIpc) is 2.70. The van der Waals surface area contributed by atoms with E-state index in [4.69, 9.17) is 12.2 Å². The lowest BCUT2D eigenvalue weighted by Gasteiger charge is -2.23. The molecule has 5 N–H and O–H groups in total. The fourth-order valence-electron chi connectivity index (χ4n) is 2.21.